The molecule has 0 amide bonds. The first-order valence-corrected chi connectivity index (χ1v) is 10.5. The van der Waals surface area contributed by atoms with Gasteiger partial charge in [0.2, 0.25) is 5.89 Å². The fraction of sp³-hybridized carbons (Fsp3) is 0.600. The Kier molecular flexibility index (Phi) is 7.03. The molecule has 1 N–H and O–H groups in total. The van der Waals surface area contributed by atoms with Crippen LogP contribution in [-0.2, 0) is 35.6 Å². The number of aromatic nitrogens is 6. The van der Waals surface area contributed by atoms with Crippen molar-refractivity contribution >= 4 is 17.1 Å². The van der Waals surface area contributed by atoms with Crippen molar-refractivity contribution in [1.29, 1.82) is 0 Å². The maximum atomic E-state index is 12.6. The van der Waals surface area contributed by atoms with E-state index in [9.17, 15) is 14.4 Å². The van der Waals surface area contributed by atoms with Crippen LogP contribution in [0.3, 0.4) is 0 Å². The van der Waals surface area contributed by atoms with Gasteiger partial charge in [-0.25, -0.2) is 9.78 Å². The quantitative estimate of drug-likeness (QED) is 0.478. The number of hydrogen-bond acceptors (Lipinski definition) is 8. The lowest BCUT2D eigenvalue weighted by molar-refractivity contribution is -0.145. The molecule has 0 aromatic carbocycles. The molecule has 0 aliphatic carbocycles. The molecule has 0 aliphatic rings. The van der Waals surface area contributed by atoms with E-state index in [0.717, 1.165) is 12.8 Å². The Morgan fingerprint density at radius 3 is 2.65 bits per heavy atom. The van der Waals surface area contributed by atoms with Gasteiger partial charge in [-0.2, -0.15) is 0 Å². The average Bonchev–Trinajstić information content (AvgIpc) is 3.28. The Hall–Kier alpha value is -3.24. The van der Waals surface area contributed by atoms with Gasteiger partial charge >= 0.3 is 11.7 Å². The van der Waals surface area contributed by atoms with E-state index in [0.29, 0.717) is 36.0 Å². The number of H-pyrrole nitrogens is 1. The summed E-state index contributed by atoms with van der Waals surface area (Å²) in [5.74, 6) is 0.975. The highest BCUT2D eigenvalue weighted by Gasteiger charge is 2.20. The number of nitrogens with one attached hydrogen (secondary N) is 1. The van der Waals surface area contributed by atoms with Gasteiger partial charge in [0.1, 0.15) is 5.82 Å². The van der Waals surface area contributed by atoms with Crippen molar-refractivity contribution in [2.75, 3.05) is 0 Å². The molecule has 0 fully saturated rings. The highest BCUT2D eigenvalue weighted by atomic mass is 16.5. The monoisotopic (exact) mass is 432 g/mol. The van der Waals surface area contributed by atoms with Gasteiger partial charge in [-0.3, -0.25) is 19.1 Å². The maximum absolute atomic E-state index is 12.6. The summed E-state index contributed by atoms with van der Waals surface area (Å²) in [5, 5.41) is 7.47. The number of aromatic amines is 1. The summed E-state index contributed by atoms with van der Waals surface area (Å²) in [5.41, 5.74) is -0.232. The first-order valence-electron chi connectivity index (χ1n) is 10.5. The molecular weight excluding hydrogens is 404 g/mol. The van der Waals surface area contributed by atoms with Crippen molar-refractivity contribution in [3.8, 4) is 0 Å². The van der Waals surface area contributed by atoms with Crippen molar-refractivity contribution in [3.63, 3.8) is 0 Å². The van der Waals surface area contributed by atoms with Gasteiger partial charge in [0.05, 0.1) is 6.42 Å². The number of carbonyl (C=O) groups excluding carboxylic acids is 1. The molecule has 0 spiro atoms. The number of rotatable bonds is 10. The smallest absolute Gasteiger partial charge is 0.330 e. The van der Waals surface area contributed by atoms with Crippen LogP contribution in [0.1, 0.15) is 57.6 Å². The summed E-state index contributed by atoms with van der Waals surface area (Å²) in [4.78, 5) is 44.1. The van der Waals surface area contributed by atoms with Crippen molar-refractivity contribution in [2.24, 2.45) is 5.92 Å². The Morgan fingerprint density at radius 1 is 1.23 bits per heavy atom. The molecule has 3 aromatic rings. The predicted molar refractivity (Wildman–Crippen MR) is 112 cm³/mol. The second-order valence-electron chi connectivity index (χ2n) is 7.84. The van der Waals surface area contributed by atoms with Gasteiger partial charge in [-0.05, 0) is 12.3 Å². The molecule has 11 nitrogen and oxygen atoms in total. The second-order valence-corrected chi connectivity index (χ2v) is 7.84. The highest BCUT2D eigenvalue weighted by Crippen LogP contribution is 2.16. The minimum Gasteiger partial charge on any atom is -0.456 e. The minimum atomic E-state index is -0.471. The molecule has 3 aromatic heterocycles. The number of esters is 1. The molecule has 3 heterocycles. The normalized spacial score (nSPS) is 11.5. The van der Waals surface area contributed by atoms with Crippen LogP contribution < -0.4 is 11.2 Å². The fourth-order valence-corrected chi connectivity index (χ4v) is 3.32. The zero-order valence-corrected chi connectivity index (χ0v) is 18.3. The molecule has 0 aliphatic heterocycles. The van der Waals surface area contributed by atoms with Gasteiger partial charge in [-0.15, -0.1) is 10.2 Å². The van der Waals surface area contributed by atoms with Crippen LogP contribution in [0.25, 0.3) is 11.2 Å². The predicted octanol–water partition coefficient (Wildman–Crippen LogP) is 1.71. The standard InChI is InChI=1S/C20H28N6O5/c1-5-6-9-25-18-17(19(28)22-20(25)29)26(10-12(2)3)14(21-18)7-8-16(27)30-11-15-24-23-13(4)31-15/h12H,5-11H2,1-4H3,(H,22,28,29). The van der Waals surface area contributed by atoms with Gasteiger partial charge in [0, 0.05) is 26.4 Å². The number of nitrogens with zero attached hydrogens (tertiary/aromatic N) is 5. The molecule has 31 heavy (non-hydrogen) atoms. The van der Waals surface area contributed by atoms with Crippen LogP contribution in [0.4, 0.5) is 0 Å². The van der Waals surface area contributed by atoms with Gasteiger partial charge in [0.25, 0.3) is 11.4 Å². The lowest BCUT2D eigenvalue weighted by Crippen LogP contribution is -2.31. The van der Waals surface area contributed by atoms with E-state index in [2.05, 4.69) is 20.2 Å². The summed E-state index contributed by atoms with van der Waals surface area (Å²) < 4.78 is 13.7. The van der Waals surface area contributed by atoms with Crippen LogP contribution in [0.15, 0.2) is 14.0 Å². The number of fused-ring (bicyclic) bond motifs is 1. The molecule has 0 saturated heterocycles. The molecule has 168 valence electrons. The van der Waals surface area contributed by atoms with Crippen LogP contribution in [0.5, 0.6) is 0 Å². The fourth-order valence-electron chi connectivity index (χ4n) is 3.32. The maximum Gasteiger partial charge on any atom is 0.330 e. The summed E-state index contributed by atoms with van der Waals surface area (Å²) in [6.45, 7) is 8.63. The van der Waals surface area contributed by atoms with Crippen LogP contribution in [0.2, 0.25) is 0 Å². The van der Waals surface area contributed by atoms with E-state index in [1.54, 1.807) is 11.5 Å². The highest BCUT2D eigenvalue weighted by molar-refractivity contribution is 5.72. The zero-order chi connectivity index (χ0) is 22.5. The Labute approximate surface area is 178 Å². The van der Waals surface area contributed by atoms with Crippen molar-refractivity contribution in [3.05, 3.63) is 38.4 Å². The largest absolute Gasteiger partial charge is 0.456 e. The summed E-state index contributed by atoms with van der Waals surface area (Å²) in [6.07, 6.45) is 2.02. The summed E-state index contributed by atoms with van der Waals surface area (Å²) in [7, 11) is 0. The first-order chi connectivity index (χ1) is 14.8. The number of ether oxygens (including phenoxy) is 1. The van der Waals surface area contributed by atoms with Gasteiger partial charge < -0.3 is 13.7 Å². The third kappa shape index (κ3) is 5.28. The van der Waals surface area contributed by atoms with Crippen molar-refractivity contribution < 1.29 is 13.9 Å². The topological polar surface area (TPSA) is 138 Å². The number of unbranched alkanes of at least 4 members (excludes halogenated alkanes) is 1. The zero-order valence-electron chi connectivity index (χ0n) is 18.3. The number of imidazole rings is 1. The molecule has 0 unspecified atom stereocenters. The van der Waals surface area contributed by atoms with Crippen LogP contribution in [0, 0.1) is 12.8 Å². The Bertz CT molecular complexity index is 1170. The first kappa shape index (κ1) is 22.4. The van der Waals surface area contributed by atoms with E-state index in [1.807, 2.05) is 20.8 Å². The SMILES string of the molecule is CCCCn1c(=O)[nH]c(=O)c2c1nc(CCC(=O)OCc1nnc(C)o1)n2CC(C)C. The van der Waals surface area contributed by atoms with E-state index in [4.69, 9.17) is 9.15 Å². The van der Waals surface area contributed by atoms with Crippen molar-refractivity contribution in [2.45, 2.75) is 73.1 Å². The van der Waals surface area contributed by atoms with E-state index in [-0.39, 0.29) is 31.3 Å². The minimum absolute atomic E-state index is 0.0611. The van der Waals surface area contributed by atoms with E-state index >= 15 is 0 Å². The van der Waals surface area contributed by atoms with Crippen LogP contribution in [-0.4, -0.2) is 35.3 Å². The number of aryl methyl sites for hydroxylation is 3. The van der Waals surface area contributed by atoms with E-state index < -0.39 is 17.2 Å². The lowest BCUT2D eigenvalue weighted by Gasteiger charge is -2.11. The van der Waals surface area contributed by atoms with Crippen LogP contribution >= 0.6 is 0 Å². The second kappa shape index (κ2) is 9.71. The van der Waals surface area contributed by atoms with Gasteiger partial charge in [-0.1, -0.05) is 27.2 Å². The average molecular weight is 432 g/mol. The lowest BCUT2D eigenvalue weighted by atomic mass is 10.2. The molecule has 0 atom stereocenters. The Morgan fingerprint density at radius 2 is 2.00 bits per heavy atom. The van der Waals surface area contributed by atoms with E-state index in [1.165, 1.54) is 4.57 Å². The third-order valence-corrected chi connectivity index (χ3v) is 4.72. The van der Waals surface area contributed by atoms with Gasteiger partial charge in [0.15, 0.2) is 17.8 Å². The number of hydrogen-bond donors (Lipinski definition) is 1. The molecule has 3 rings (SSSR count). The molecule has 0 saturated carbocycles. The van der Waals surface area contributed by atoms with Crippen molar-refractivity contribution in [1.82, 2.24) is 29.3 Å². The Balaban J connectivity index is 1.85. The number of carbonyl (C=O) groups is 1. The molecular formula is C20H28N6O5. The summed E-state index contributed by atoms with van der Waals surface area (Å²) >= 11 is 0. The third-order valence-electron chi connectivity index (χ3n) is 4.72. The molecule has 0 radical (unpaired) electrons. The molecule has 11 heteroatoms. The summed E-state index contributed by atoms with van der Waals surface area (Å²) in [6, 6.07) is 0. The molecule has 0 bridgehead atoms.